The molecule has 0 radical (unpaired) electrons. The first-order valence-corrected chi connectivity index (χ1v) is 5.14. The highest BCUT2D eigenvalue weighted by Crippen LogP contribution is 2.08. The summed E-state index contributed by atoms with van der Waals surface area (Å²) in [6, 6.07) is 3.62. The van der Waals surface area contributed by atoms with Gasteiger partial charge in [0, 0.05) is 6.54 Å². The lowest BCUT2D eigenvalue weighted by Crippen LogP contribution is -2.14. The summed E-state index contributed by atoms with van der Waals surface area (Å²) in [5, 5.41) is 2.99. The number of esters is 1. The monoisotopic (exact) mass is 224 g/mol. The van der Waals surface area contributed by atoms with Gasteiger partial charge < -0.3 is 14.8 Å². The summed E-state index contributed by atoms with van der Waals surface area (Å²) in [5.74, 6) is 0.190. The van der Waals surface area contributed by atoms with Crippen molar-refractivity contribution in [1.82, 2.24) is 10.3 Å². The highest BCUT2D eigenvalue weighted by atomic mass is 16.6. The first-order chi connectivity index (χ1) is 7.76. The summed E-state index contributed by atoms with van der Waals surface area (Å²) >= 11 is 0. The number of aromatic nitrogens is 1. The van der Waals surface area contributed by atoms with Crippen molar-refractivity contribution >= 4 is 5.97 Å². The predicted octanol–water partition coefficient (Wildman–Crippen LogP) is 0.743. The molecule has 5 heteroatoms. The van der Waals surface area contributed by atoms with E-state index >= 15 is 0 Å². The molecule has 0 saturated heterocycles. The van der Waals surface area contributed by atoms with Crippen molar-refractivity contribution in [3.05, 3.63) is 24.0 Å². The predicted molar refractivity (Wildman–Crippen MR) is 59.1 cm³/mol. The van der Waals surface area contributed by atoms with Crippen molar-refractivity contribution in [2.75, 3.05) is 20.3 Å². The summed E-state index contributed by atoms with van der Waals surface area (Å²) in [6.45, 7) is 2.74. The van der Waals surface area contributed by atoms with Crippen LogP contribution in [0.15, 0.2) is 18.3 Å². The van der Waals surface area contributed by atoms with E-state index in [0.29, 0.717) is 18.9 Å². The summed E-state index contributed by atoms with van der Waals surface area (Å²) in [6.07, 6.45) is 1.59. The molecule has 0 aliphatic rings. The quantitative estimate of drug-likeness (QED) is 0.722. The lowest BCUT2D eigenvalue weighted by molar-refractivity contribution is -0.145. The van der Waals surface area contributed by atoms with Crippen LogP contribution in [-0.2, 0) is 16.1 Å². The van der Waals surface area contributed by atoms with Crippen molar-refractivity contribution < 1.29 is 14.3 Å². The fourth-order valence-corrected chi connectivity index (χ4v) is 1.13. The molecule has 16 heavy (non-hydrogen) atoms. The average molecular weight is 224 g/mol. The Labute approximate surface area is 94.8 Å². The van der Waals surface area contributed by atoms with Crippen LogP contribution in [0.25, 0.3) is 0 Å². The van der Waals surface area contributed by atoms with E-state index in [1.165, 1.54) is 0 Å². The zero-order valence-corrected chi connectivity index (χ0v) is 9.53. The van der Waals surface area contributed by atoms with E-state index in [0.717, 1.165) is 5.69 Å². The molecule has 1 aromatic heterocycles. The largest absolute Gasteiger partial charge is 0.480 e. The molecular formula is C11H16N2O3. The van der Waals surface area contributed by atoms with E-state index in [9.17, 15) is 4.79 Å². The minimum absolute atomic E-state index is 0.0824. The maximum atomic E-state index is 11.0. The molecule has 0 amide bonds. The van der Waals surface area contributed by atoms with Gasteiger partial charge >= 0.3 is 5.97 Å². The lowest BCUT2D eigenvalue weighted by Gasteiger charge is -2.05. The normalized spacial score (nSPS) is 9.88. The van der Waals surface area contributed by atoms with Crippen molar-refractivity contribution in [1.29, 1.82) is 0 Å². The molecule has 1 aromatic rings. The van der Waals surface area contributed by atoms with Crippen LogP contribution in [-0.4, -0.2) is 31.2 Å². The highest BCUT2D eigenvalue weighted by Gasteiger charge is 2.03. The zero-order valence-electron chi connectivity index (χ0n) is 9.53. The molecule has 0 spiro atoms. The first kappa shape index (κ1) is 12.4. The van der Waals surface area contributed by atoms with Crippen molar-refractivity contribution in [3.63, 3.8) is 0 Å². The van der Waals surface area contributed by atoms with Gasteiger partial charge in [0.2, 0.25) is 0 Å². The molecule has 1 N–H and O–H groups in total. The van der Waals surface area contributed by atoms with Crippen molar-refractivity contribution in [2.45, 2.75) is 13.5 Å². The van der Waals surface area contributed by atoms with Crippen LogP contribution in [0.5, 0.6) is 5.75 Å². The van der Waals surface area contributed by atoms with Crippen LogP contribution in [0.4, 0.5) is 0 Å². The van der Waals surface area contributed by atoms with Crippen LogP contribution >= 0.6 is 0 Å². The van der Waals surface area contributed by atoms with E-state index in [4.69, 9.17) is 9.47 Å². The van der Waals surface area contributed by atoms with E-state index in [-0.39, 0.29) is 12.6 Å². The number of carbonyl (C=O) groups is 1. The van der Waals surface area contributed by atoms with Gasteiger partial charge in [0.05, 0.1) is 18.5 Å². The molecule has 5 nitrogen and oxygen atoms in total. The fourth-order valence-electron chi connectivity index (χ4n) is 1.13. The van der Waals surface area contributed by atoms with Gasteiger partial charge in [0.1, 0.15) is 5.75 Å². The standard InChI is InChI=1S/C11H16N2O3/c1-3-15-11(14)8-16-10-5-4-9(6-12-2)13-7-10/h4-5,7,12H,3,6,8H2,1-2H3. The van der Waals surface area contributed by atoms with Gasteiger partial charge in [-0.1, -0.05) is 0 Å². The summed E-state index contributed by atoms with van der Waals surface area (Å²) < 4.78 is 9.93. The van der Waals surface area contributed by atoms with Gasteiger partial charge in [-0.2, -0.15) is 0 Å². The smallest absolute Gasteiger partial charge is 0.344 e. The van der Waals surface area contributed by atoms with Crippen molar-refractivity contribution in [2.24, 2.45) is 0 Å². The number of hydrogen-bond donors (Lipinski definition) is 1. The molecule has 0 atom stereocenters. The molecule has 0 fully saturated rings. The Morgan fingerprint density at radius 2 is 2.31 bits per heavy atom. The Bertz CT molecular complexity index is 325. The molecule has 88 valence electrons. The van der Waals surface area contributed by atoms with Crippen LogP contribution in [0.1, 0.15) is 12.6 Å². The number of rotatable bonds is 6. The second kappa shape index (κ2) is 6.79. The van der Waals surface area contributed by atoms with Gasteiger partial charge in [-0.3, -0.25) is 4.98 Å². The van der Waals surface area contributed by atoms with Crippen LogP contribution < -0.4 is 10.1 Å². The van der Waals surface area contributed by atoms with Gasteiger partial charge in [0.15, 0.2) is 6.61 Å². The number of hydrogen-bond acceptors (Lipinski definition) is 5. The topological polar surface area (TPSA) is 60.5 Å². The Hall–Kier alpha value is -1.62. The zero-order chi connectivity index (χ0) is 11.8. The number of carbonyl (C=O) groups excluding carboxylic acids is 1. The molecule has 0 aromatic carbocycles. The number of ether oxygens (including phenoxy) is 2. The van der Waals surface area contributed by atoms with Gasteiger partial charge in [-0.15, -0.1) is 0 Å². The third-order valence-corrected chi connectivity index (χ3v) is 1.82. The second-order valence-corrected chi connectivity index (χ2v) is 3.11. The molecule has 0 bridgehead atoms. The van der Waals surface area contributed by atoms with Crippen LogP contribution in [0, 0.1) is 0 Å². The van der Waals surface area contributed by atoms with E-state index < -0.39 is 0 Å². The maximum Gasteiger partial charge on any atom is 0.344 e. The van der Waals surface area contributed by atoms with E-state index in [1.54, 1.807) is 19.2 Å². The minimum atomic E-state index is -0.373. The Morgan fingerprint density at radius 3 is 2.88 bits per heavy atom. The minimum Gasteiger partial charge on any atom is -0.480 e. The maximum absolute atomic E-state index is 11.0. The Kier molecular flexibility index (Phi) is 5.28. The third-order valence-electron chi connectivity index (χ3n) is 1.82. The highest BCUT2D eigenvalue weighted by molar-refractivity contribution is 5.71. The second-order valence-electron chi connectivity index (χ2n) is 3.11. The SMILES string of the molecule is CCOC(=O)COc1ccc(CNC)nc1. The fraction of sp³-hybridized carbons (Fsp3) is 0.455. The van der Waals surface area contributed by atoms with E-state index in [1.807, 2.05) is 13.1 Å². The van der Waals surface area contributed by atoms with Gasteiger partial charge in [-0.25, -0.2) is 4.79 Å². The van der Waals surface area contributed by atoms with Gasteiger partial charge in [-0.05, 0) is 26.1 Å². The Morgan fingerprint density at radius 1 is 1.50 bits per heavy atom. The molecule has 0 aliphatic heterocycles. The molecule has 1 heterocycles. The van der Waals surface area contributed by atoms with Crippen LogP contribution in [0.2, 0.25) is 0 Å². The number of nitrogens with one attached hydrogen (secondary N) is 1. The van der Waals surface area contributed by atoms with Crippen molar-refractivity contribution in [3.8, 4) is 5.75 Å². The first-order valence-electron chi connectivity index (χ1n) is 5.14. The van der Waals surface area contributed by atoms with Gasteiger partial charge in [0.25, 0.3) is 0 Å². The molecule has 1 rings (SSSR count). The lowest BCUT2D eigenvalue weighted by atomic mass is 10.3. The Balaban J connectivity index is 2.40. The molecule has 0 saturated carbocycles. The van der Waals surface area contributed by atoms with E-state index in [2.05, 4.69) is 10.3 Å². The molecule has 0 aliphatic carbocycles. The number of pyridine rings is 1. The number of nitrogens with zero attached hydrogens (tertiary/aromatic N) is 1. The molecular weight excluding hydrogens is 208 g/mol. The summed E-state index contributed by atoms with van der Waals surface area (Å²) in [4.78, 5) is 15.2. The summed E-state index contributed by atoms with van der Waals surface area (Å²) in [5.41, 5.74) is 0.922. The summed E-state index contributed by atoms with van der Waals surface area (Å²) in [7, 11) is 1.85. The van der Waals surface area contributed by atoms with Crippen LogP contribution in [0.3, 0.4) is 0 Å². The molecule has 0 unspecified atom stereocenters. The third kappa shape index (κ3) is 4.27. The average Bonchev–Trinajstić information content (AvgIpc) is 2.29.